The van der Waals surface area contributed by atoms with Gasteiger partial charge in [-0.25, -0.2) is 0 Å². The van der Waals surface area contributed by atoms with Gasteiger partial charge in [0, 0.05) is 19.0 Å². The van der Waals surface area contributed by atoms with Gasteiger partial charge in [-0.1, -0.05) is 6.92 Å². The highest BCUT2D eigenvalue weighted by atomic mass is 35.5. The molecule has 0 radical (unpaired) electrons. The van der Waals surface area contributed by atoms with Crippen LogP contribution in [0, 0.1) is 0 Å². The van der Waals surface area contributed by atoms with Crippen LogP contribution in [0.15, 0.2) is 22.8 Å². The smallest absolute Gasteiger partial charge is 0.221 e. The summed E-state index contributed by atoms with van der Waals surface area (Å²) in [7, 11) is 3.91. The number of rotatable bonds is 7. The quantitative estimate of drug-likeness (QED) is 0.799. The second-order valence-electron chi connectivity index (χ2n) is 4.67. The van der Waals surface area contributed by atoms with Crippen molar-refractivity contribution >= 4 is 18.3 Å². The normalized spacial score (nSPS) is 13.7. The minimum atomic E-state index is -0.0635. The molecule has 0 spiro atoms. The zero-order chi connectivity index (χ0) is 13.5. The summed E-state index contributed by atoms with van der Waals surface area (Å²) in [6, 6.07) is 3.74. The number of halogens is 1. The molecule has 0 aliphatic rings. The molecule has 0 aliphatic carbocycles. The van der Waals surface area contributed by atoms with Crippen molar-refractivity contribution in [1.29, 1.82) is 0 Å². The number of hydrogen-bond acceptors (Lipinski definition) is 4. The lowest BCUT2D eigenvalue weighted by Crippen LogP contribution is -2.37. The summed E-state index contributed by atoms with van der Waals surface area (Å²) in [5.41, 5.74) is 5.74. The van der Waals surface area contributed by atoms with Gasteiger partial charge in [0.15, 0.2) is 0 Å². The van der Waals surface area contributed by atoms with Crippen LogP contribution in [0.4, 0.5) is 0 Å². The third kappa shape index (κ3) is 6.09. The number of nitrogens with one attached hydrogen (secondary N) is 1. The Morgan fingerprint density at radius 1 is 1.53 bits per heavy atom. The van der Waals surface area contributed by atoms with Crippen molar-refractivity contribution in [3.8, 4) is 0 Å². The van der Waals surface area contributed by atoms with Crippen LogP contribution in [-0.2, 0) is 4.79 Å². The van der Waals surface area contributed by atoms with E-state index in [1.54, 1.807) is 6.26 Å². The second kappa shape index (κ2) is 8.96. The maximum Gasteiger partial charge on any atom is 0.221 e. The summed E-state index contributed by atoms with van der Waals surface area (Å²) in [6.07, 6.45) is 2.82. The van der Waals surface area contributed by atoms with Gasteiger partial charge in [0.05, 0.1) is 12.3 Å². The summed E-state index contributed by atoms with van der Waals surface area (Å²) < 4.78 is 5.37. The molecule has 1 aromatic heterocycles. The van der Waals surface area contributed by atoms with E-state index < -0.39 is 0 Å². The van der Waals surface area contributed by atoms with E-state index >= 15 is 0 Å². The van der Waals surface area contributed by atoms with E-state index in [1.165, 1.54) is 0 Å². The fourth-order valence-electron chi connectivity index (χ4n) is 1.68. The van der Waals surface area contributed by atoms with Gasteiger partial charge in [0.1, 0.15) is 5.76 Å². The number of amides is 1. The molecular weight excluding hydrogens is 266 g/mol. The SMILES string of the molecule is CCC(N)CC(=O)NCC(c1ccco1)N(C)C.Cl. The average molecular weight is 290 g/mol. The molecule has 3 N–H and O–H groups in total. The topological polar surface area (TPSA) is 71.5 Å². The molecule has 1 heterocycles. The van der Waals surface area contributed by atoms with Crippen LogP contribution < -0.4 is 11.1 Å². The molecule has 110 valence electrons. The number of nitrogens with two attached hydrogens (primary N) is 1. The summed E-state index contributed by atoms with van der Waals surface area (Å²) in [4.78, 5) is 13.7. The molecule has 5 nitrogen and oxygen atoms in total. The lowest BCUT2D eigenvalue weighted by Gasteiger charge is -2.22. The molecule has 0 aromatic carbocycles. The van der Waals surface area contributed by atoms with E-state index in [9.17, 15) is 4.79 Å². The Labute approximate surface area is 120 Å². The van der Waals surface area contributed by atoms with Crippen molar-refractivity contribution < 1.29 is 9.21 Å². The predicted octanol–water partition coefficient (Wildman–Crippen LogP) is 1.55. The number of furan rings is 1. The van der Waals surface area contributed by atoms with Gasteiger partial charge in [0.2, 0.25) is 5.91 Å². The Balaban J connectivity index is 0.00000324. The zero-order valence-corrected chi connectivity index (χ0v) is 12.6. The molecule has 1 rings (SSSR count). The Bertz CT molecular complexity index is 355. The maximum absolute atomic E-state index is 11.7. The molecule has 1 amide bonds. The Hall–Kier alpha value is -1.04. The second-order valence-corrected chi connectivity index (χ2v) is 4.67. The lowest BCUT2D eigenvalue weighted by atomic mass is 10.1. The zero-order valence-electron chi connectivity index (χ0n) is 11.8. The van der Waals surface area contributed by atoms with E-state index in [1.807, 2.05) is 38.1 Å². The lowest BCUT2D eigenvalue weighted by molar-refractivity contribution is -0.121. The first kappa shape index (κ1) is 18.0. The molecule has 0 fully saturated rings. The molecule has 2 atom stereocenters. The average Bonchev–Trinajstić information content (AvgIpc) is 2.82. The summed E-state index contributed by atoms with van der Waals surface area (Å²) in [6.45, 7) is 2.50. The molecule has 1 aromatic rings. The van der Waals surface area contributed by atoms with Crippen LogP contribution in [0.3, 0.4) is 0 Å². The van der Waals surface area contributed by atoms with Crippen LogP contribution in [0.2, 0.25) is 0 Å². The van der Waals surface area contributed by atoms with Crippen molar-refractivity contribution in [1.82, 2.24) is 10.2 Å². The van der Waals surface area contributed by atoms with Crippen molar-refractivity contribution in [2.75, 3.05) is 20.6 Å². The fourth-order valence-corrected chi connectivity index (χ4v) is 1.68. The van der Waals surface area contributed by atoms with Crippen LogP contribution in [0.25, 0.3) is 0 Å². The van der Waals surface area contributed by atoms with Crippen LogP contribution in [-0.4, -0.2) is 37.5 Å². The van der Waals surface area contributed by atoms with E-state index in [-0.39, 0.29) is 30.4 Å². The van der Waals surface area contributed by atoms with Gasteiger partial charge >= 0.3 is 0 Å². The van der Waals surface area contributed by atoms with Gasteiger partial charge < -0.3 is 15.5 Å². The monoisotopic (exact) mass is 289 g/mol. The van der Waals surface area contributed by atoms with E-state index in [4.69, 9.17) is 10.2 Å². The Morgan fingerprint density at radius 2 is 2.21 bits per heavy atom. The minimum absolute atomic E-state index is 0. The highest BCUT2D eigenvalue weighted by molar-refractivity contribution is 5.85. The highest BCUT2D eigenvalue weighted by Gasteiger charge is 2.18. The van der Waals surface area contributed by atoms with Crippen LogP contribution >= 0.6 is 12.4 Å². The first-order chi connectivity index (χ1) is 8.54. The number of likely N-dealkylation sites (N-methyl/N-ethyl adjacent to an activating group) is 1. The van der Waals surface area contributed by atoms with Gasteiger partial charge in [-0.3, -0.25) is 9.69 Å². The van der Waals surface area contributed by atoms with E-state index in [2.05, 4.69) is 5.32 Å². The molecule has 0 bridgehead atoms. The van der Waals surface area contributed by atoms with Crippen molar-refractivity contribution in [2.24, 2.45) is 5.73 Å². The first-order valence-electron chi connectivity index (χ1n) is 6.26. The third-order valence-electron chi connectivity index (χ3n) is 2.96. The fraction of sp³-hybridized carbons (Fsp3) is 0.615. The van der Waals surface area contributed by atoms with Crippen molar-refractivity contribution in [3.05, 3.63) is 24.2 Å². The summed E-state index contributed by atoms with van der Waals surface area (Å²) >= 11 is 0. The Kier molecular flexibility index (Phi) is 8.47. The number of hydrogen-bond donors (Lipinski definition) is 2. The predicted molar refractivity (Wildman–Crippen MR) is 78.3 cm³/mol. The van der Waals surface area contributed by atoms with E-state index in [0.717, 1.165) is 12.2 Å². The molecule has 0 saturated carbocycles. The molecule has 2 unspecified atom stereocenters. The van der Waals surface area contributed by atoms with Crippen LogP contribution in [0.5, 0.6) is 0 Å². The van der Waals surface area contributed by atoms with Crippen LogP contribution in [0.1, 0.15) is 31.6 Å². The van der Waals surface area contributed by atoms with Gasteiger partial charge in [-0.15, -0.1) is 12.4 Å². The molecule has 0 aliphatic heterocycles. The summed E-state index contributed by atoms with van der Waals surface area (Å²) in [5.74, 6) is 0.836. The largest absolute Gasteiger partial charge is 0.468 e. The highest BCUT2D eigenvalue weighted by Crippen LogP contribution is 2.17. The minimum Gasteiger partial charge on any atom is -0.468 e. The molecular formula is C13H24ClN3O2. The first-order valence-corrected chi connectivity index (χ1v) is 6.26. The van der Waals surface area contributed by atoms with Gasteiger partial charge in [-0.05, 0) is 32.6 Å². The third-order valence-corrected chi connectivity index (χ3v) is 2.96. The molecule has 0 saturated heterocycles. The molecule has 6 heteroatoms. The van der Waals surface area contributed by atoms with Crippen molar-refractivity contribution in [3.63, 3.8) is 0 Å². The number of carbonyl (C=O) groups is 1. The number of nitrogens with zero attached hydrogens (tertiary/aromatic N) is 1. The maximum atomic E-state index is 11.7. The van der Waals surface area contributed by atoms with Gasteiger partial charge in [0.25, 0.3) is 0 Å². The summed E-state index contributed by atoms with van der Waals surface area (Å²) in [5, 5.41) is 2.90. The molecule has 19 heavy (non-hydrogen) atoms. The van der Waals surface area contributed by atoms with Crippen molar-refractivity contribution in [2.45, 2.75) is 31.8 Å². The Morgan fingerprint density at radius 3 is 2.68 bits per heavy atom. The standard InChI is InChI=1S/C13H23N3O2.ClH/c1-4-10(14)8-13(17)15-9-11(16(2)3)12-6-5-7-18-12;/h5-7,10-11H,4,8-9,14H2,1-3H3,(H,15,17);1H. The number of carbonyl (C=O) groups excluding carboxylic acids is 1. The van der Waals surface area contributed by atoms with Gasteiger partial charge in [-0.2, -0.15) is 0 Å². The van der Waals surface area contributed by atoms with E-state index in [0.29, 0.717) is 13.0 Å².